The average molecular weight is 328 g/mol. The van der Waals surface area contributed by atoms with Crippen molar-refractivity contribution < 1.29 is 9.53 Å². The summed E-state index contributed by atoms with van der Waals surface area (Å²) in [4.78, 5) is 16.6. The van der Waals surface area contributed by atoms with Crippen molar-refractivity contribution in [3.05, 3.63) is 36.3 Å². The molecule has 2 aliphatic rings. The topological polar surface area (TPSA) is 67.7 Å². The van der Waals surface area contributed by atoms with E-state index < -0.39 is 0 Å². The van der Waals surface area contributed by atoms with Crippen LogP contribution in [0.4, 0.5) is 4.79 Å². The van der Waals surface area contributed by atoms with E-state index in [1.807, 2.05) is 35.0 Å². The first-order chi connectivity index (χ1) is 11.8. The third-order valence-corrected chi connectivity index (χ3v) is 4.88. The second-order valence-electron chi connectivity index (χ2n) is 6.82. The molecule has 2 aromatic rings. The highest BCUT2D eigenvalue weighted by atomic mass is 16.5. The van der Waals surface area contributed by atoms with Crippen molar-refractivity contribution in [2.24, 2.45) is 5.92 Å². The molecule has 0 aromatic carbocycles. The van der Waals surface area contributed by atoms with E-state index in [4.69, 9.17) is 4.74 Å². The molecule has 0 spiro atoms. The Morgan fingerprint density at radius 3 is 3.08 bits per heavy atom. The molecule has 1 saturated heterocycles. The SMILES string of the molecule is O=C(NCCc1cn2ccccc2n1)N[C@H]1CCO[C@H](C2CC2)C1. The number of carbonyl (C=O) groups excluding carboxylic acids is 1. The summed E-state index contributed by atoms with van der Waals surface area (Å²) >= 11 is 0. The molecule has 2 amide bonds. The van der Waals surface area contributed by atoms with E-state index in [0.717, 1.165) is 43.1 Å². The number of rotatable bonds is 5. The summed E-state index contributed by atoms with van der Waals surface area (Å²) in [6.45, 7) is 1.35. The lowest BCUT2D eigenvalue weighted by Crippen LogP contribution is -2.47. The summed E-state index contributed by atoms with van der Waals surface area (Å²) in [5.41, 5.74) is 1.92. The number of pyridine rings is 1. The second kappa shape index (κ2) is 6.81. The molecule has 2 aromatic heterocycles. The van der Waals surface area contributed by atoms with Crippen LogP contribution in [-0.4, -0.2) is 40.7 Å². The highest BCUT2D eigenvalue weighted by molar-refractivity contribution is 5.74. The standard InChI is InChI=1S/C18H24N4O2/c23-18(21-14-7-10-24-16(11-14)13-4-5-13)19-8-6-15-12-22-9-2-1-3-17(22)20-15/h1-3,9,12-14,16H,4-8,10-11H2,(H2,19,21,23)/t14-,16-/m0/s1. The molecule has 6 nitrogen and oxygen atoms in total. The fourth-order valence-corrected chi connectivity index (χ4v) is 3.40. The van der Waals surface area contributed by atoms with E-state index in [0.29, 0.717) is 12.6 Å². The van der Waals surface area contributed by atoms with Crippen LogP contribution in [0.15, 0.2) is 30.6 Å². The fraction of sp³-hybridized carbons (Fsp3) is 0.556. The Morgan fingerprint density at radius 2 is 2.25 bits per heavy atom. The van der Waals surface area contributed by atoms with Crippen molar-refractivity contribution in [3.8, 4) is 0 Å². The molecule has 1 saturated carbocycles. The van der Waals surface area contributed by atoms with Gasteiger partial charge in [-0.3, -0.25) is 0 Å². The number of hydrogen-bond acceptors (Lipinski definition) is 3. The van der Waals surface area contributed by atoms with Gasteiger partial charge in [0.25, 0.3) is 0 Å². The summed E-state index contributed by atoms with van der Waals surface area (Å²) < 4.78 is 7.79. The van der Waals surface area contributed by atoms with Crippen molar-refractivity contribution >= 4 is 11.7 Å². The third kappa shape index (κ3) is 3.70. The molecule has 0 radical (unpaired) electrons. The molecule has 0 bridgehead atoms. The zero-order chi connectivity index (χ0) is 16.4. The average Bonchev–Trinajstić information content (AvgIpc) is 3.35. The molecule has 128 valence electrons. The Labute approximate surface area is 141 Å². The smallest absolute Gasteiger partial charge is 0.315 e. The van der Waals surface area contributed by atoms with Crippen LogP contribution in [0.2, 0.25) is 0 Å². The van der Waals surface area contributed by atoms with Gasteiger partial charge in [-0.05, 0) is 43.7 Å². The van der Waals surface area contributed by atoms with Crippen LogP contribution in [0.3, 0.4) is 0 Å². The summed E-state index contributed by atoms with van der Waals surface area (Å²) in [5, 5.41) is 6.03. The predicted octanol–water partition coefficient (Wildman–Crippen LogP) is 2.13. The van der Waals surface area contributed by atoms with E-state index in [-0.39, 0.29) is 12.1 Å². The molecular formula is C18H24N4O2. The van der Waals surface area contributed by atoms with Gasteiger partial charge in [-0.25, -0.2) is 9.78 Å². The number of imidazole rings is 1. The molecule has 1 aliphatic heterocycles. The van der Waals surface area contributed by atoms with E-state index >= 15 is 0 Å². The number of nitrogens with zero attached hydrogens (tertiary/aromatic N) is 2. The molecule has 2 atom stereocenters. The summed E-state index contributed by atoms with van der Waals surface area (Å²) in [5.74, 6) is 0.729. The van der Waals surface area contributed by atoms with E-state index in [1.165, 1.54) is 12.8 Å². The van der Waals surface area contributed by atoms with Gasteiger partial charge in [-0.2, -0.15) is 0 Å². The highest BCUT2D eigenvalue weighted by Crippen LogP contribution is 2.38. The molecular weight excluding hydrogens is 304 g/mol. The van der Waals surface area contributed by atoms with Crippen molar-refractivity contribution in [2.75, 3.05) is 13.2 Å². The molecule has 2 fully saturated rings. The van der Waals surface area contributed by atoms with Crippen molar-refractivity contribution in [3.63, 3.8) is 0 Å². The Balaban J connectivity index is 1.21. The number of aromatic nitrogens is 2. The van der Waals surface area contributed by atoms with Gasteiger partial charge in [0.15, 0.2) is 0 Å². The first-order valence-electron chi connectivity index (χ1n) is 8.86. The van der Waals surface area contributed by atoms with Crippen LogP contribution in [-0.2, 0) is 11.2 Å². The number of urea groups is 1. The lowest BCUT2D eigenvalue weighted by Gasteiger charge is -2.30. The molecule has 6 heteroatoms. The first-order valence-corrected chi connectivity index (χ1v) is 8.86. The molecule has 0 unspecified atom stereocenters. The Hall–Kier alpha value is -2.08. The van der Waals surface area contributed by atoms with E-state index in [2.05, 4.69) is 15.6 Å². The van der Waals surface area contributed by atoms with Crippen LogP contribution in [0.25, 0.3) is 5.65 Å². The van der Waals surface area contributed by atoms with Crippen LogP contribution in [0, 0.1) is 5.92 Å². The largest absolute Gasteiger partial charge is 0.378 e. The third-order valence-electron chi connectivity index (χ3n) is 4.88. The Morgan fingerprint density at radius 1 is 1.33 bits per heavy atom. The van der Waals surface area contributed by atoms with Gasteiger partial charge in [0.05, 0.1) is 11.8 Å². The normalized spacial score (nSPS) is 24.0. The van der Waals surface area contributed by atoms with Crippen LogP contribution in [0.1, 0.15) is 31.4 Å². The summed E-state index contributed by atoms with van der Waals surface area (Å²) in [6.07, 6.45) is 9.48. The van der Waals surface area contributed by atoms with Gasteiger partial charge in [-0.1, -0.05) is 6.07 Å². The second-order valence-corrected chi connectivity index (χ2v) is 6.82. The summed E-state index contributed by atoms with van der Waals surface area (Å²) in [7, 11) is 0. The lowest BCUT2D eigenvalue weighted by atomic mass is 10.0. The van der Waals surface area contributed by atoms with Crippen molar-refractivity contribution in [1.82, 2.24) is 20.0 Å². The Kier molecular flexibility index (Phi) is 4.38. The minimum atomic E-state index is -0.0831. The van der Waals surface area contributed by atoms with Gasteiger partial charge in [0.1, 0.15) is 5.65 Å². The van der Waals surface area contributed by atoms with Gasteiger partial charge < -0.3 is 19.8 Å². The van der Waals surface area contributed by atoms with Crippen LogP contribution >= 0.6 is 0 Å². The number of amides is 2. The maximum Gasteiger partial charge on any atom is 0.315 e. The van der Waals surface area contributed by atoms with Crippen LogP contribution < -0.4 is 10.6 Å². The summed E-state index contributed by atoms with van der Waals surface area (Å²) in [6, 6.07) is 6.08. The molecule has 2 N–H and O–H groups in total. The van der Waals surface area contributed by atoms with Gasteiger partial charge in [0, 0.05) is 38.0 Å². The number of nitrogens with one attached hydrogen (secondary N) is 2. The van der Waals surface area contributed by atoms with Crippen molar-refractivity contribution in [2.45, 2.75) is 44.2 Å². The number of carbonyl (C=O) groups is 1. The van der Waals surface area contributed by atoms with Gasteiger partial charge in [-0.15, -0.1) is 0 Å². The predicted molar refractivity (Wildman–Crippen MR) is 90.9 cm³/mol. The highest BCUT2D eigenvalue weighted by Gasteiger charge is 2.36. The lowest BCUT2D eigenvalue weighted by molar-refractivity contribution is -0.00913. The quantitative estimate of drug-likeness (QED) is 0.883. The maximum absolute atomic E-state index is 12.1. The Bertz CT molecular complexity index is 677. The monoisotopic (exact) mass is 328 g/mol. The first kappa shape index (κ1) is 15.4. The fourth-order valence-electron chi connectivity index (χ4n) is 3.40. The zero-order valence-corrected chi connectivity index (χ0v) is 13.8. The van der Waals surface area contributed by atoms with Crippen LogP contribution in [0.5, 0.6) is 0 Å². The van der Waals surface area contributed by atoms with E-state index in [9.17, 15) is 4.79 Å². The minimum Gasteiger partial charge on any atom is -0.378 e. The maximum atomic E-state index is 12.1. The minimum absolute atomic E-state index is 0.0831. The molecule has 4 rings (SSSR count). The van der Waals surface area contributed by atoms with Gasteiger partial charge >= 0.3 is 6.03 Å². The number of hydrogen-bond donors (Lipinski definition) is 2. The molecule has 24 heavy (non-hydrogen) atoms. The number of fused-ring (bicyclic) bond motifs is 1. The van der Waals surface area contributed by atoms with Gasteiger partial charge in [0.2, 0.25) is 0 Å². The molecule has 1 aliphatic carbocycles. The number of ether oxygens (including phenoxy) is 1. The van der Waals surface area contributed by atoms with Crippen molar-refractivity contribution in [1.29, 1.82) is 0 Å². The molecule has 3 heterocycles. The van der Waals surface area contributed by atoms with E-state index in [1.54, 1.807) is 0 Å². The zero-order valence-electron chi connectivity index (χ0n) is 13.8.